The molecule has 11 heteroatoms. The summed E-state index contributed by atoms with van der Waals surface area (Å²) in [6, 6.07) is 0.135. The average Bonchev–Trinajstić information content (AvgIpc) is 3.44. The Morgan fingerprint density at radius 2 is 2.06 bits per heavy atom. The maximum absolute atomic E-state index is 12.9. The van der Waals surface area contributed by atoms with Crippen LogP contribution in [0.3, 0.4) is 0 Å². The van der Waals surface area contributed by atoms with Crippen LogP contribution in [0.4, 0.5) is 5.13 Å². The van der Waals surface area contributed by atoms with E-state index in [9.17, 15) is 14.4 Å². The largest absolute Gasteiger partial charge is 0.376 e. The minimum absolute atomic E-state index is 0.00604. The van der Waals surface area contributed by atoms with Crippen molar-refractivity contribution in [3.63, 3.8) is 0 Å². The number of thiazole rings is 1. The zero-order valence-corrected chi connectivity index (χ0v) is 19.3. The number of nitrogens with zero attached hydrogens (tertiary/aromatic N) is 4. The zero-order chi connectivity index (χ0) is 22.7. The Hall–Kier alpha value is -2.53. The van der Waals surface area contributed by atoms with Crippen LogP contribution in [-0.2, 0) is 20.9 Å². The summed E-state index contributed by atoms with van der Waals surface area (Å²) >= 11 is 1.29. The zero-order valence-electron chi connectivity index (χ0n) is 18.5. The summed E-state index contributed by atoms with van der Waals surface area (Å²) < 4.78 is 7.26. The molecule has 0 aromatic carbocycles. The van der Waals surface area contributed by atoms with Gasteiger partial charge in [-0.25, -0.2) is 4.98 Å². The first-order valence-electron chi connectivity index (χ1n) is 11.2. The van der Waals surface area contributed by atoms with E-state index in [4.69, 9.17) is 4.74 Å². The highest BCUT2D eigenvalue weighted by atomic mass is 32.1. The van der Waals surface area contributed by atoms with Crippen molar-refractivity contribution >= 4 is 38.6 Å². The third-order valence-electron chi connectivity index (χ3n) is 5.80. The first-order chi connectivity index (χ1) is 15.4. The van der Waals surface area contributed by atoms with Crippen LogP contribution in [0.15, 0.2) is 11.1 Å². The fraction of sp³-hybridized carbons (Fsp3) is 0.667. The summed E-state index contributed by atoms with van der Waals surface area (Å²) in [5.41, 5.74) is 0.128. The molecule has 0 radical (unpaired) electrons. The second-order valence-corrected chi connectivity index (χ2v) is 9.67. The van der Waals surface area contributed by atoms with Gasteiger partial charge in [-0.3, -0.25) is 19.0 Å². The predicted molar refractivity (Wildman–Crippen MR) is 122 cm³/mol. The molecule has 0 bridgehead atoms. The fourth-order valence-electron chi connectivity index (χ4n) is 4.06. The number of piperidine rings is 1. The van der Waals surface area contributed by atoms with Crippen molar-refractivity contribution in [1.29, 1.82) is 0 Å². The van der Waals surface area contributed by atoms with E-state index in [1.165, 1.54) is 22.2 Å². The number of carbonyl (C=O) groups excluding carboxylic acids is 2. The van der Waals surface area contributed by atoms with Gasteiger partial charge in [0.2, 0.25) is 11.8 Å². The summed E-state index contributed by atoms with van der Waals surface area (Å²) in [4.78, 5) is 48.3. The third-order valence-corrected chi connectivity index (χ3v) is 6.90. The number of rotatable bonds is 7. The number of anilines is 1. The van der Waals surface area contributed by atoms with Crippen molar-refractivity contribution in [1.82, 2.24) is 25.2 Å². The van der Waals surface area contributed by atoms with E-state index >= 15 is 0 Å². The van der Waals surface area contributed by atoms with E-state index in [-0.39, 0.29) is 42.0 Å². The topological polar surface area (TPSA) is 118 Å². The first kappa shape index (κ1) is 22.7. The van der Waals surface area contributed by atoms with Gasteiger partial charge in [0.15, 0.2) is 10.8 Å². The van der Waals surface area contributed by atoms with Crippen LogP contribution in [0.2, 0.25) is 0 Å². The smallest absolute Gasteiger partial charge is 0.273 e. The minimum atomic E-state index is -0.266. The van der Waals surface area contributed by atoms with E-state index in [0.29, 0.717) is 30.0 Å². The number of aromatic nitrogens is 3. The highest BCUT2D eigenvalue weighted by Gasteiger charge is 2.27. The lowest BCUT2D eigenvalue weighted by molar-refractivity contribution is -0.126. The van der Waals surface area contributed by atoms with E-state index in [1.54, 1.807) is 0 Å². The molecule has 174 valence electrons. The van der Waals surface area contributed by atoms with Gasteiger partial charge in [-0.15, -0.1) is 0 Å². The molecule has 32 heavy (non-hydrogen) atoms. The molecule has 2 aliphatic rings. The summed E-state index contributed by atoms with van der Waals surface area (Å²) in [6.45, 7) is 6.43. The molecule has 2 amide bonds. The highest BCUT2D eigenvalue weighted by Crippen LogP contribution is 2.29. The maximum Gasteiger partial charge on any atom is 0.273 e. The number of fused-ring (bicyclic) bond motifs is 1. The normalized spacial score (nSPS) is 19.6. The van der Waals surface area contributed by atoms with Gasteiger partial charge in [-0.05, 0) is 39.5 Å². The Morgan fingerprint density at radius 1 is 1.28 bits per heavy atom. The van der Waals surface area contributed by atoms with Crippen LogP contribution >= 0.6 is 11.3 Å². The molecule has 1 atom stereocenters. The number of amides is 2. The number of nitrogens with one attached hydrogen (secondary N) is 2. The summed E-state index contributed by atoms with van der Waals surface area (Å²) in [5.74, 6) is -0.131. The van der Waals surface area contributed by atoms with E-state index in [0.717, 1.165) is 37.4 Å². The van der Waals surface area contributed by atoms with Gasteiger partial charge in [0.1, 0.15) is 17.6 Å². The molecule has 2 aliphatic heterocycles. The summed E-state index contributed by atoms with van der Waals surface area (Å²) in [7, 11) is 0. The Balaban J connectivity index is 1.38. The van der Waals surface area contributed by atoms with Gasteiger partial charge in [-0.1, -0.05) is 11.3 Å². The van der Waals surface area contributed by atoms with E-state index < -0.39 is 0 Å². The lowest BCUT2D eigenvalue weighted by Crippen LogP contribution is -2.42. The van der Waals surface area contributed by atoms with Crippen LogP contribution in [-0.4, -0.2) is 64.7 Å². The molecule has 2 aromatic heterocycles. The van der Waals surface area contributed by atoms with Crippen molar-refractivity contribution in [2.45, 2.75) is 58.2 Å². The van der Waals surface area contributed by atoms with E-state index in [1.807, 2.05) is 13.8 Å². The SMILES string of the molecule is CC(C)NC(=O)C1CCN(c2nc3ncn(CC(=O)NCC4CCCO4)c(=O)c3s2)CC1. The van der Waals surface area contributed by atoms with Crippen LogP contribution in [0, 0.1) is 5.92 Å². The standard InChI is InChI=1S/C21H30N6O4S/c1-13(2)24-19(29)14-5-7-26(8-6-14)21-25-18-17(32-21)20(30)27(12-23-18)11-16(28)22-10-15-4-3-9-31-15/h12-15H,3-11H2,1-2H3,(H,22,28)(H,24,29). The van der Waals surface area contributed by atoms with Crippen molar-refractivity contribution < 1.29 is 14.3 Å². The van der Waals surface area contributed by atoms with Gasteiger partial charge in [0.25, 0.3) is 5.56 Å². The molecule has 10 nitrogen and oxygen atoms in total. The number of hydrogen-bond donors (Lipinski definition) is 2. The van der Waals surface area contributed by atoms with Gasteiger partial charge in [0.05, 0.1) is 6.10 Å². The van der Waals surface area contributed by atoms with Crippen LogP contribution in [0.1, 0.15) is 39.5 Å². The van der Waals surface area contributed by atoms with Crippen molar-refractivity contribution in [3.05, 3.63) is 16.7 Å². The molecule has 2 fully saturated rings. The second-order valence-electron chi connectivity index (χ2n) is 8.69. The summed E-state index contributed by atoms with van der Waals surface area (Å²) in [5, 5.41) is 6.53. The molecule has 4 heterocycles. The summed E-state index contributed by atoms with van der Waals surface area (Å²) in [6.07, 6.45) is 4.88. The number of ether oxygens (including phenoxy) is 1. The Bertz CT molecular complexity index is 1020. The molecule has 0 spiro atoms. The van der Waals surface area contributed by atoms with Crippen LogP contribution in [0.5, 0.6) is 0 Å². The fourth-order valence-corrected chi connectivity index (χ4v) is 5.08. The number of hydrogen-bond acceptors (Lipinski definition) is 8. The molecule has 0 saturated carbocycles. The quantitative estimate of drug-likeness (QED) is 0.627. The molecule has 4 rings (SSSR count). The molecule has 2 N–H and O–H groups in total. The van der Waals surface area contributed by atoms with Gasteiger partial charge in [-0.2, -0.15) is 4.98 Å². The van der Waals surface area contributed by atoms with Crippen LogP contribution in [0.25, 0.3) is 10.3 Å². The Morgan fingerprint density at radius 3 is 2.75 bits per heavy atom. The number of carbonyl (C=O) groups is 2. The monoisotopic (exact) mass is 462 g/mol. The molecule has 1 unspecified atom stereocenters. The van der Waals surface area contributed by atoms with Crippen LogP contribution < -0.4 is 21.1 Å². The predicted octanol–water partition coefficient (Wildman–Crippen LogP) is 0.889. The molecule has 2 aromatic rings. The van der Waals surface area contributed by atoms with Crippen molar-refractivity contribution in [3.8, 4) is 0 Å². The third kappa shape index (κ3) is 5.26. The Labute approximate surface area is 190 Å². The maximum atomic E-state index is 12.9. The highest BCUT2D eigenvalue weighted by molar-refractivity contribution is 7.22. The second kappa shape index (κ2) is 9.95. The van der Waals surface area contributed by atoms with E-state index in [2.05, 4.69) is 25.5 Å². The van der Waals surface area contributed by atoms with Gasteiger partial charge in [0, 0.05) is 38.2 Å². The van der Waals surface area contributed by atoms with Gasteiger partial charge < -0.3 is 20.3 Å². The molecular formula is C21H30N6O4S. The van der Waals surface area contributed by atoms with Gasteiger partial charge >= 0.3 is 0 Å². The average molecular weight is 463 g/mol. The van der Waals surface area contributed by atoms with Crippen molar-refractivity contribution in [2.24, 2.45) is 5.92 Å². The first-order valence-corrected chi connectivity index (χ1v) is 12.0. The minimum Gasteiger partial charge on any atom is -0.376 e. The lowest BCUT2D eigenvalue weighted by Gasteiger charge is -2.31. The Kier molecular flexibility index (Phi) is 7.04. The van der Waals surface area contributed by atoms with Crippen molar-refractivity contribution in [2.75, 3.05) is 31.1 Å². The molecular weight excluding hydrogens is 432 g/mol. The lowest BCUT2D eigenvalue weighted by atomic mass is 9.96. The molecule has 0 aliphatic carbocycles. The molecule has 2 saturated heterocycles.